The SMILES string of the molecule is Cc1ccc(-c2csc(C3CCCCN3)n2)cc1F. The topological polar surface area (TPSA) is 24.9 Å². The number of nitrogens with one attached hydrogen (secondary N) is 1. The summed E-state index contributed by atoms with van der Waals surface area (Å²) in [6, 6.07) is 5.69. The van der Waals surface area contributed by atoms with Crippen molar-refractivity contribution in [2.75, 3.05) is 6.54 Å². The number of nitrogens with zero attached hydrogens (tertiary/aromatic N) is 1. The van der Waals surface area contributed by atoms with Gasteiger partial charge in [0, 0.05) is 10.9 Å². The van der Waals surface area contributed by atoms with Crippen molar-refractivity contribution in [1.29, 1.82) is 0 Å². The first-order valence-corrected chi connectivity index (χ1v) is 7.57. The van der Waals surface area contributed by atoms with Crippen molar-refractivity contribution in [2.24, 2.45) is 0 Å². The molecule has 1 aliphatic heterocycles. The normalized spacial score (nSPS) is 19.6. The third-order valence-electron chi connectivity index (χ3n) is 3.60. The summed E-state index contributed by atoms with van der Waals surface area (Å²) in [6.45, 7) is 2.84. The summed E-state index contributed by atoms with van der Waals surface area (Å²) in [5.74, 6) is -0.164. The summed E-state index contributed by atoms with van der Waals surface area (Å²) in [5.41, 5.74) is 2.42. The summed E-state index contributed by atoms with van der Waals surface area (Å²) < 4.78 is 13.6. The highest BCUT2D eigenvalue weighted by molar-refractivity contribution is 7.10. The number of hydrogen-bond acceptors (Lipinski definition) is 3. The molecule has 19 heavy (non-hydrogen) atoms. The van der Waals surface area contributed by atoms with Crippen LogP contribution in [0.2, 0.25) is 0 Å². The molecule has 0 amide bonds. The van der Waals surface area contributed by atoms with E-state index in [1.807, 2.05) is 17.5 Å². The van der Waals surface area contributed by atoms with Crippen molar-refractivity contribution in [1.82, 2.24) is 10.3 Å². The zero-order chi connectivity index (χ0) is 13.2. The van der Waals surface area contributed by atoms with Crippen LogP contribution >= 0.6 is 11.3 Å². The molecule has 1 unspecified atom stereocenters. The highest BCUT2D eigenvalue weighted by Crippen LogP contribution is 2.30. The maximum Gasteiger partial charge on any atom is 0.126 e. The first kappa shape index (κ1) is 12.8. The van der Waals surface area contributed by atoms with Gasteiger partial charge in [-0.2, -0.15) is 0 Å². The number of benzene rings is 1. The Balaban J connectivity index is 1.85. The zero-order valence-electron chi connectivity index (χ0n) is 10.9. The van der Waals surface area contributed by atoms with Crippen LogP contribution in [0.4, 0.5) is 4.39 Å². The minimum Gasteiger partial charge on any atom is -0.308 e. The van der Waals surface area contributed by atoms with Crippen LogP contribution < -0.4 is 5.32 Å². The van der Waals surface area contributed by atoms with Crippen molar-refractivity contribution in [2.45, 2.75) is 32.2 Å². The van der Waals surface area contributed by atoms with Crippen LogP contribution in [0.25, 0.3) is 11.3 Å². The van der Waals surface area contributed by atoms with Gasteiger partial charge in [0.15, 0.2) is 0 Å². The van der Waals surface area contributed by atoms with Gasteiger partial charge in [0.05, 0.1) is 11.7 Å². The summed E-state index contributed by atoms with van der Waals surface area (Å²) in [6.07, 6.45) is 3.65. The van der Waals surface area contributed by atoms with E-state index in [4.69, 9.17) is 0 Å². The third-order valence-corrected chi connectivity index (χ3v) is 4.56. The van der Waals surface area contributed by atoms with Crippen LogP contribution in [0.5, 0.6) is 0 Å². The van der Waals surface area contributed by atoms with Gasteiger partial charge in [-0.05, 0) is 37.9 Å². The first-order valence-electron chi connectivity index (χ1n) is 6.69. The highest BCUT2D eigenvalue weighted by atomic mass is 32.1. The standard InChI is InChI=1S/C15H17FN2S/c1-10-5-6-11(8-12(10)16)14-9-19-15(18-14)13-4-2-3-7-17-13/h5-6,8-9,13,17H,2-4,7H2,1H3. The number of aromatic nitrogens is 1. The monoisotopic (exact) mass is 276 g/mol. The minimum atomic E-state index is -0.164. The molecular weight excluding hydrogens is 259 g/mol. The van der Waals surface area contributed by atoms with Crippen molar-refractivity contribution >= 4 is 11.3 Å². The molecule has 4 heteroatoms. The summed E-state index contributed by atoms with van der Waals surface area (Å²) in [7, 11) is 0. The molecular formula is C15H17FN2S. The van der Waals surface area contributed by atoms with E-state index in [0.717, 1.165) is 29.2 Å². The number of hydrogen-bond donors (Lipinski definition) is 1. The molecule has 0 spiro atoms. The second-order valence-electron chi connectivity index (χ2n) is 5.04. The lowest BCUT2D eigenvalue weighted by atomic mass is 10.1. The number of rotatable bonds is 2. The lowest BCUT2D eigenvalue weighted by molar-refractivity contribution is 0.411. The minimum absolute atomic E-state index is 0.164. The van der Waals surface area contributed by atoms with E-state index in [9.17, 15) is 4.39 Å². The molecule has 1 fully saturated rings. The molecule has 1 aliphatic rings. The van der Waals surface area contributed by atoms with E-state index in [-0.39, 0.29) is 5.82 Å². The first-order chi connectivity index (χ1) is 9.24. The second kappa shape index (κ2) is 5.39. The predicted molar refractivity (Wildman–Crippen MR) is 76.8 cm³/mol. The van der Waals surface area contributed by atoms with Crippen LogP contribution in [0.1, 0.15) is 35.9 Å². The fourth-order valence-corrected chi connectivity index (χ4v) is 3.33. The van der Waals surface area contributed by atoms with E-state index in [1.54, 1.807) is 24.3 Å². The van der Waals surface area contributed by atoms with Crippen LogP contribution in [0.3, 0.4) is 0 Å². The van der Waals surface area contributed by atoms with Crippen LogP contribution in [-0.4, -0.2) is 11.5 Å². The third kappa shape index (κ3) is 2.69. The van der Waals surface area contributed by atoms with Crippen molar-refractivity contribution in [3.8, 4) is 11.3 Å². The molecule has 0 bridgehead atoms. The highest BCUT2D eigenvalue weighted by Gasteiger charge is 2.18. The molecule has 3 rings (SSSR count). The Kier molecular flexibility index (Phi) is 3.62. The van der Waals surface area contributed by atoms with E-state index < -0.39 is 0 Å². The predicted octanol–water partition coefficient (Wildman–Crippen LogP) is 4.07. The largest absolute Gasteiger partial charge is 0.308 e. The van der Waals surface area contributed by atoms with Gasteiger partial charge in [-0.25, -0.2) is 9.37 Å². The fourth-order valence-electron chi connectivity index (χ4n) is 2.40. The van der Waals surface area contributed by atoms with E-state index in [2.05, 4.69) is 10.3 Å². The Bertz CT molecular complexity index is 573. The maximum atomic E-state index is 13.6. The Morgan fingerprint density at radius 2 is 2.26 bits per heavy atom. The molecule has 2 aromatic rings. The summed E-state index contributed by atoms with van der Waals surface area (Å²) in [5, 5.41) is 6.64. The van der Waals surface area contributed by atoms with Crippen LogP contribution in [-0.2, 0) is 0 Å². The Labute approximate surface area is 116 Å². The quantitative estimate of drug-likeness (QED) is 0.894. The molecule has 2 nitrogen and oxygen atoms in total. The van der Waals surface area contributed by atoms with Gasteiger partial charge in [0.25, 0.3) is 0 Å². The van der Waals surface area contributed by atoms with Crippen molar-refractivity contribution in [3.63, 3.8) is 0 Å². The van der Waals surface area contributed by atoms with Gasteiger partial charge in [-0.3, -0.25) is 0 Å². The van der Waals surface area contributed by atoms with Crippen molar-refractivity contribution in [3.05, 3.63) is 40.0 Å². The smallest absolute Gasteiger partial charge is 0.126 e. The lowest BCUT2D eigenvalue weighted by Crippen LogP contribution is -2.26. The van der Waals surface area contributed by atoms with Gasteiger partial charge in [0.2, 0.25) is 0 Å². The molecule has 1 N–H and O–H groups in total. The van der Waals surface area contributed by atoms with Gasteiger partial charge in [-0.15, -0.1) is 11.3 Å². The molecule has 1 aromatic carbocycles. The van der Waals surface area contributed by atoms with Crippen LogP contribution in [0.15, 0.2) is 23.6 Å². The molecule has 1 atom stereocenters. The molecule has 2 heterocycles. The molecule has 100 valence electrons. The van der Waals surface area contributed by atoms with Crippen LogP contribution in [0, 0.1) is 12.7 Å². The Hall–Kier alpha value is -1.26. The Morgan fingerprint density at radius 3 is 3.00 bits per heavy atom. The Morgan fingerprint density at radius 1 is 1.37 bits per heavy atom. The van der Waals surface area contributed by atoms with E-state index >= 15 is 0 Å². The summed E-state index contributed by atoms with van der Waals surface area (Å²) in [4.78, 5) is 4.66. The van der Waals surface area contributed by atoms with E-state index in [1.165, 1.54) is 12.8 Å². The molecule has 0 saturated carbocycles. The maximum absolute atomic E-state index is 13.6. The zero-order valence-corrected chi connectivity index (χ0v) is 11.8. The second-order valence-corrected chi connectivity index (χ2v) is 5.93. The van der Waals surface area contributed by atoms with Gasteiger partial charge in [0.1, 0.15) is 10.8 Å². The summed E-state index contributed by atoms with van der Waals surface area (Å²) >= 11 is 1.66. The molecule has 0 aliphatic carbocycles. The van der Waals surface area contributed by atoms with E-state index in [0.29, 0.717) is 11.6 Å². The average molecular weight is 276 g/mol. The molecule has 1 saturated heterocycles. The van der Waals surface area contributed by atoms with Crippen molar-refractivity contribution < 1.29 is 4.39 Å². The molecule has 0 radical (unpaired) electrons. The van der Waals surface area contributed by atoms with Gasteiger partial charge in [-0.1, -0.05) is 18.6 Å². The number of piperidine rings is 1. The van der Waals surface area contributed by atoms with Gasteiger partial charge >= 0.3 is 0 Å². The molecule has 1 aromatic heterocycles. The number of aryl methyl sites for hydroxylation is 1. The lowest BCUT2D eigenvalue weighted by Gasteiger charge is -2.21. The fraction of sp³-hybridized carbons (Fsp3) is 0.400. The average Bonchev–Trinajstić information content (AvgIpc) is 2.93. The van der Waals surface area contributed by atoms with Gasteiger partial charge < -0.3 is 5.32 Å². The number of thiazole rings is 1. The number of halogens is 1.